The van der Waals surface area contributed by atoms with E-state index in [2.05, 4.69) is 23.5 Å². The molecule has 0 saturated carbocycles. The Morgan fingerprint density at radius 2 is 2.42 bits per heavy atom. The average Bonchev–Trinajstić information content (AvgIpc) is 2.57. The fourth-order valence-corrected chi connectivity index (χ4v) is 2.12. The van der Waals surface area contributed by atoms with Crippen molar-refractivity contribution in [3.63, 3.8) is 0 Å². The maximum absolute atomic E-state index is 5.30. The Balaban J connectivity index is 2.14. The van der Waals surface area contributed by atoms with Gasteiger partial charge in [0.25, 0.3) is 0 Å². The molecule has 2 rings (SSSR count). The zero-order valence-electron chi connectivity index (χ0n) is 7.05. The van der Waals surface area contributed by atoms with Gasteiger partial charge < -0.3 is 5.32 Å². The van der Waals surface area contributed by atoms with Gasteiger partial charge in [-0.15, -0.1) is 0 Å². The summed E-state index contributed by atoms with van der Waals surface area (Å²) in [5, 5.41) is 3.47. The van der Waals surface area contributed by atoms with Crippen LogP contribution in [-0.4, -0.2) is 17.5 Å². The van der Waals surface area contributed by atoms with Gasteiger partial charge in [0.05, 0.1) is 0 Å². The summed E-state index contributed by atoms with van der Waals surface area (Å²) in [6, 6.07) is 0.544. The van der Waals surface area contributed by atoms with Crippen molar-refractivity contribution in [2.45, 2.75) is 25.3 Å². The Bertz CT molecular complexity index is 247. The van der Waals surface area contributed by atoms with E-state index in [0.29, 0.717) is 6.04 Å². The lowest BCUT2D eigenvalue weighted by Crippen LogP contribution is -2.27. The Morgan fingerprint density at radius 3 is 3.08 bits per heavy atom. The molecule has 1 aliphatic carbocycles. The van der Waals surface area contributed by atoms with Gasteiger partial charge in [-0.25, -0.2) is 0 Å². The number of allylic oxidation sites excluding steroid dienone is 3. The minimum Gasteiger partial charge on any atom is -0.310 e. The Kier molecular flexibility index (Phi) is 2.38. The minimum absolute atomic E-state index is 0.544. The molecular formula is C10H13NS. The molecule has 1 fully saturated rings. The smallest absolute Gasteiger partial charge is 0.0331 e. The number of hydrogen-bond donors (Lipinski definition) is 1. The van der Waals surface area contributed by atoms with Crippen LogP contribution in [0.4, 0.5) is 0 Å². The second kappa shape index (κ2) is 3.50. The molecule has 1 N–H and O–H groups in total. The first-order chi connectivity index (χ1) is 5.88. The summed E-state index contributed by atoms with van der Waals surface area (Å²) in [4.78, 5) is 1.12. The predicted octanol–water partition coefficient (Wildman–Crippen LogP) is 1.99. The van der Waals surface area contributed by atoms with E-state index in [1.165, 1.54) is 18.4 Å². The molecule has 2 aliphatic rings. The van der Waals surface area contributed by atoms with Gasteiger partial charge in [0.15, 0.2) is 0 Å². The Labute approximate surface area is 78.5 Å². The number of rotatable bonds is 1. The van der Waals surface area contributed by atoms with E-state index in [0.717, 1.165) is 17.8 Å². The highest BCUT2D eigenvalue weighted by Gasteiger charge is 2.21. The molecule has 2 heteroatoms. The lowest BCUT2D eigenvalue weighted by molar-refractivity contribution is 0.709. The van der Waals surface area contributed by atoms with Crippen LogP contribution in [0.25, 0.3) is 0 Å². The van der Waals surface area contributed by atoms with Crippen LogP contribution < -0.4 is 5.32 Å². The van der Waals surface area contributed by atoms with Crippen molar-refractivity contribution in [1.29, 1.82) is 0 Å². The van der Waals surface area contributed by atoms with Crippen molar-refractivity contribution in [3.8, 4) is 0 Å². The summed E-state index contributed by atoms with van der Waals surface area (Å²) in [7, 11) is 0. The quantitative estimate of drug-likeness (QED) is 0.618. The van der Waals surface area contributed by atoms with Crippen molar-refractivity contribution in [1.82, 2.24) is 5.32 Å². The molecule has 1 heterocycles. The fraction of sp³-hybridized carbons (Fsp3) is 0.500. The van der Waals surface area contributed by atoms with Crippen molar-refractivity contribution in [2.75, 3.05) is 6.54 Å². The van der Waals surface area contributed by atoms with Crippen molar-refractivity contribution < 1.29 is 0 Å². The lowest BCUT2D eigenvalue weighted by Gasteiger charge is -2.17. The summed E-state index contributed by atoms with van der Waals surface area (Å²) in [5.41, 5.74) is 1.35. The first-order valence-electron chi connectivity index (χ1n) is 4.51. The molecule has 1 aliphatic heterocycles. The molecule has 1 saturated heterocycles. The topological polar surface area (TPSA) is 12.0 Å². The van der Waals surface area contributed by atoms with Crippen LogP contribution in [0.2, 0.25) is 0 Å². The van der Waals surface area contributed by atoms with E-state index >= 15 is 0 Å². The van der Waals surface area contributed by atoms with Crippen molar-refractivity contribution in [3.05, 3.63) is 23.8 Å². The van der Waals surface area contributed by atoms with Gasteiger partial charge in [0, 0.05) is 17.3 Å². The minimum atomic E-state index is 0.544. The van der Waals surface area contributed by atoms with E-state index in [9.17, 15) is 0 Å². The van der Waals surface area contributed by atoms with Crippen LogP contribution in [0, 0.1) is 0 Å². The molecule has 0 radical (unpaired) electrons. The van der Waals surface area contributed by atoms with E-state index in [-0.39, 0.29) is 0 Å². The molecule has 0 aromatic carbocycles. The van der Waals surface area contributed by atoms with Crippen LogP contribution in [-0.2, 0) is 0 Å². The summed E-state index contributed by atoms with van der Waals surface area (Å²) in [6.07, 6.45) is 9.90. The van der Waals surface area contributed by atoms with Gasteiger partial charge in [-0.2, -0.15) is 0 Å². The second-order valence-electron chi connectivity index (χ2n) is 3.33. The summed E-state index contributed by atoms with van der Waals surface area (Å²) < 4.78 is 0. The highest BCUT2D eigenvalue weighted by molar-refractivity contribution is 7.80. The van der Waals surface area contributed by atoms with Gasteiger partial charge >= 0.3 is 0 Å². The van der Waals surface area contributed by atoms with E-state index < -0.39 is 0 Å². The number of nitrogens with one attached hydrogen (secondary N) is 1. The fourth-order valence-electron chi connectivity index (χ4n) is 1.82. The predicted molar refractivity (Wildman–Crippen MR) is 55.5 cm³/mol. The number of thiocarbonyl (C=S) groups is 1. The molecule has 0 amide bonds. The third kappa shape index (κ3) is 1.50. The molecule has 1 atom stereocenters. The third-order valence-corrected chi connectivity index (χ3v) is 2.88. The molecular weight excluding hydrogens is 166 g/mol. The van der Waals surface area contributed by atoms with Crippen molar-refractivity contribution >= 4 is 17.1 Å². The highest BCUT2D eigenvalue weighted by Crippen LogP contribution is 2.20. The monoisotopic (exact) mass is 179 g/mol. The summed E-state index contributed by atoms with van der Waals surface area (Å²) >= 11 is 5.30. The number of hydrogen-bond acceptors (Lipinski definition) is 2. The average molecular weight is 179 g/mol. The van der Waals surface area contributed by atoms with Crippen molar-refractivity contribution in [2.24, 2.45) is 0 Å². The van der Waals surface area contributed by atoms with Crippen LogP contribution >= 0.6 is 12.2 Å². The van der Waals surface area contributed by atoms with Crippen LogP contribution in [0.3, 0.4) is 0 Å². The Morgan fingerprint density at radius 1 is 1.50 bits per heavy atom. The first-order valence-corrected chi connectivity index (χ1v) is 4.92. The highest BCUT2D eigenvalue weighted by atomic mass is 32.1. The van der Waals surface area contributed by atoms with Gasteiger partial charge in [0.1, 0.15) is 0 Å². The molecule has 0 spiro atoms. The van der Waals surface area contributed by atoms with Crippen LogP contribution in [0.5, 0.6) is 0 Å². The molecule has 1 nitrogen and oxygen atoms in total. The molecule has 64 valence electrons. The first kappa shape index (κ1) is 8.14. The zero-order valence-corrected chi connectivity index (χ0v) is 7.86. The Hall–Kier alpha value is -0.470. The van der Waals surface area contributed by atoms with E-state index in [1.54, 1.807) is 0 Å². The van der Waals surface area contributed by atoms with Gasteiger partial charge in [-0.1, -0.05) is 30.4 Å². The van der Waals surface area contributed by atoms with Gasteiger partial charge in [-0.3, -0.25) is 0 Å². The van der Waals surface area contributed by atoms with Crippen LogP contribution in [0.15, 0.2) is 23.8 Å². The molecule has 12 heavy (non-hydrogen) atoms. The summed E-state index contributed by atoms with van der Waals surface area (Å²) in [5.74, 6) is 0. The molecule has 0 aromatic heterocycles. The van der Waals surface area contributed by atoms with Gasteiger partial charge in [-0.05, 0) is 25.0 Å². The second-order valence-corrected chi connectivity index (χ2v) is 3.82. The van der Waals surface area contributed by atoms with E-state index in [4.69, 9.17) is 12.2 Å². The zero-order chi connectivity index (χ0) is 8.39. The normalized spacial score (nSPS) is 29.2. The largest absolute Gasteiger partial charge is 0.310 e. The lowest BCUT2D eigenvalue weighted by atomic mass is 9.97. The molecule has 0 aromatic rings. The SMILES string of the molecule is S=C1CC=CC=C1C1CCCN1. The molecule has 0 bridgehead atoms. The van der Waals surface area contributed by atoms with Gasteiger partial charge in [0.2, 0.25) is 0 Å². The van der Waals surface area contributed by atoms with Crippen LogP contribution in [0.1, 0.15) is 19.3 Å². The maximum Gasteiger partial charge on any atom is 0.0331 e. The van der Waals surface area contributed by atoms with E-state index in [1.807, 2.05) is 0 Å². The maximum atomic E-state index is 5.30. The third-order valence-electron chi connectivity index (χ3n) is 2.47. The summed E-state index contributed by atoms with van der Waals surface area (Å²) in [6.45, 7) is 1.15. The molecule has 1 unspecified atom stereocenters. The standard InChI is InChI=1S/C10H13NS/c12-10-6-2-1-4-8(10)9-5-3-7-11-9/h1-2,4,9,11H,3,5-7H2.